The van der Waals surface area contributed by atoms with Crippen molar-refractivity contribution in [2.75, 3.05) is 61.3 Å². The number of piperidine rings is 2. The number of likely N-dealkylation sites (tertiary alicyclic amines) is 1. The minimum absolute atomic E-state index is 0. The van der Waals surface area contributed by atoms with Crippen molar-refractivity contribution in [2.24, 2.45) is 11.8 Å². The Labute approximate surface area is 181 Å². The Hall–Kier alpha value is -2.46. The van der Waals surface area contributed by atoms with Crippen LogP contribution in [0.4, 0.5) is 17.1 Å². The molecule has 2 atom stereocenters. The second-order valence-corrected chi connectivity index (χ2v) is 9.01. The molecule has 2 unspecified atom stereocenters. The van der Waals surface area contributed by atoms with Crippen molar-refractivity contribution in [1.29, 1.82) is 5.26 Å². The van der Waals surface area contributed by atoms with Crippen molar-refractivity contribution in [3.63, 3.8) is 0 Å². The van der Waals surface area contributed by atoms with Crippen LogP contribution in [-0.4, -0.2) is 62.7 Å². The van der Waals surface area contributed by atoms with E-state index in [4.69, 9.17) is 0 Å². The summed E-state index contributed by atoms with van der Waals surface area (Å²) in [6.07, 6.45) is 3.02. The highest BCUT2D eigenvalue weighted by Crippen LogP contribution is 2.39. The summed E-state index contributed by atoms with van der Waals surface area (Å²) >= 11 is 0. The van der Waals surface area contributed by atoms with Gasteiger partial charge in [-0.25, -0.2) is 0 Å². The molecular weight excluding hydrogens is 376 g/mol. The first kappa shape index (κ1) is 20.8. The topological polar surface area (TPSA) is 83.4 Å². The van der Waals surface area contributed by atoms with Crippen molar-refractivity contribution >= 4 is 23.0 Å². The number of nitrogens with zero attached hydrogens (tertiary/aromatic N) is 3. The number of amides is 1. The van der Waals surface area contributed by atoms with Crippen LogP contribution in [0.2, 0.25) is 0 Å². The molecule has 3 N–H and O–H groups in total. The lowest BCUT2D eigenvalue weighted by atomic mass is 9.88. The van der Waals surface area contributed by atoms with Gasteiger partial charge in [-0.2, -0.15) is 5.26 Å². The maximum atomic E-state index is 13.1. The van der Waals surface area contributed by atoms with Crippen LogP contribution < -0.4 is 20.9 Å². The molecule has 3 heterocycles. The van der Waals surface area contributed by atoms with Crippen LogP contribution in [0, 0.1) is 23.2 Å². The molecule has 2 fully saturated rings. The number of nitriles is 1. The van der Waals surface area contributed by atoms with Crippen LogP contribution in [0.15, 0.2) is 12.1 Å². The first-order valence-electron chi connectivity index (χ1n) is 11.4. The molecule has 1 aromatic rings. The first-order valence-corrected chi connectivity index (χ1v) is 11.4. The van der Waals surface area contributed by atoms with Gasteiger partial charge in [0.1, 0.15) is 6.07 Å². The molecule has 7 heteroatoms. The summed E-state index contributed by atoms with van der Waals surface area (Å²) in [6.45, 7) is 11.0. The van der Waals surface area contributed by atoms with E-state index in [1.54, 1.807) is 0 Å². The Morgan fingerprint density at radius 1 is 1.23 bits per heavy atom. The van der Waals surface area contributed by atoms with E-state index < -0.39 is 0 Å². The van der Waals surface area contributed by atoms with Gasteiger partial charge in [0.05, 0.1) is 28.5 Å². The average molecular weight is 413 g/mol. The maximum absolute atomic E-state index is 13.1. The number of hydrogen-bond donors (Lipinski definition) is 3. The Bertz CT molecular complexity index is 817. The summed E-state index contributed by atoms with van der Waals surface area (Å²) in [4.78, 5) is 17.9. The summed E-state index contributed by atoms with van der Waals surface area (Å²) < 4.78 is 0. The van der Waals surface area contributed by atoms with Gasteiger partial charge in [0.25, 0.3) is 0 Å². The van der Waals surface area contributed by atoms with Gasteiger partial charge >= 0.3 is 0 Å². The van der Waals surface area contributed by atoms with Gasteiger partial charge in [0.2, 0.25) is 5.91 Å². The van der Waals surface area contributed by atoms with Gasteiger partial charge in [-0.1, -0.05) is 13.8 Å². The molecule has 30 heavy (non-hydrogen) atoms. The Balaban J connectivity index is 0.00000272. The number of carbonyl (C=O) groups is 1. The second-order valence-electron chi connectivity index (χ2n) is 9.01. The van der Waals surface area contributed by atoms with Gasteiger partial charge in [0.15, 0.2) is 0 Å². The van der Waals surface area contributed by atoms with Gasteiger partial charge < -0.3 is 25.8 Å². The molecule has 0 bridgehead atoms. The standard InChI is InChI=1S/C23H34N6O.H2/c1-3-28-10-6-19(7-11-28)27-23(30)18-12-16(2)14-29(15-18)20-5-4-17(13-24)21-22(20)26-9-8-25-21;/h4-5,16,18-19,25-26H,3,6-12,14-15H2,1-2H3,(H,27,30);1H. The molecular formula is C23H36N6O. The molecule has 1 aromatic carbocycles. The van der Waals surface area contributed by atoms with Gasteiger partial charge in [-0.15, -0.1) is 0 Å². The number of fused-ring (bicyclic) bond motifs is 1. The molecule has 0 spiro atoms. The van der Waals surface area contributed by atoms with Crippen LogP contribution in [0.1, 0.15) is 40.1 Å². The fourth-order valence-corrected chi connectivity index (χ4v) is 5.14. The molecule has 4 rings (SSSR count). The highest BCUT2D eigenvalue weighted by Gasteiger charge is 2.33. The predicted molar refractivity (Wildman–Crippen MR) is 123 cm³/mol. The molecule has 3 aliphatic rings. The fraction of sp³-hybridized carbons (Fsp3) is 0.652. The molecule has 2 saturated heterocycles. The zero-order valence-electron chi connectivity index (χ0n) is 18.2. The van der Waals surface area contributed by atoms with Crippen molar-refractivity contribution in [1.82, 2.24) is 10.2 Å². The summed E-state index contributed by atoms with van der Waals surface area (Å²) in [7, 11) is 0. The fourth-order valence-electron chi connectivity index (χ4n) is 5.14. The number of carbonyl (C=O) groups excluding carboxylic acids is 1. The SMILES string of the molecule is CCN1CCC(NC(=O)C2CC(C)CN(c3ccc(C#N)c4c3NCCN4)C2)CC1.[HH]. The molecule has 0 radical (unpaired) electrons. The van der Waals surface area contributed by atoms with E-state index in [2.05, 4.69) is 45.7 Å². The summed E-state index contributed by atoms with van der Waals surface area (Å²) in [5.74, 6) is 0.648. The Morgan fingerprint density at radius 2 is 1.97 bits per heavy atom. The summed E-state index contributed by atoms with van der Waals surface area (Å²) in [5, 5.41) is 19.6. The molecule has 0 saturated carbocycles. The average Bonchev–Trinajstić information content (AvgIpc) is 2.78. The lowest BCUT2D eigenvalue weighted by Crippen LogP contribution is -2.50. The van der Waals surface area contributed by atoms with Crippen molar-refractivity contribution in [3.8, 4) is 6.07 Å². The third-order valence-corrected chi connectivity index (χ3v) is 6.78. The normalized spacial score (nSPS) is 24.9. The van der Waals surface area contributed by atoms with Crippen LogP contribution in [-0.2, 0) is 4.79 Å². The third-order valence-electron chi connectivity index (χ3n) is 6.78. The molecule has 3 aliphatic heterocycles. The monoisotopic (exact) mass is 412 g/mol. The summed E-state index contributed by atoms with van der Waals surface area (Å²) in [6, 6.07) is 6.52. The number of nitrogens with one attached hydrogen (secondary N) is 3. The van der Waals surface area contributed by atoms with Crippen molar-refractivity contribution in [2.45, 2.75) is 39.2 Å². The van der Waals surface area contributed by atoms with Crippen LogP contribution >= 0.6 is 0 Å². The lowest BCUT2D eigenvalue weighted by Gasteiger charge is -2.40. The zero-order chi connectivity index (χ0) is 21.1. The van der Waals surface area contributed by atoms with Gasteiger partial charge in [-0.3, -0.25) is 4.79 Å². The quantitative estimate of drug-likeness (QED) is 0.705. The molecule has 7 nitrogen and oxygen atoms in total. The third kappa shape index (κ3) is 4.34. The van der Waals surface area contributed by atoms with E-state index in [0.29, 0.717) is 17.5 Å². The highest BCUT2D eigenvalue weighted by molar-refractivity contribution is 5.89. The molecule has 0 aromatic heterocycles. The number of anilines is 3. The Morgan fingerprint density at radius 3 is 2.67 bits per heavy atom. The van der Waals surface area contributed by atoms with Crippen LogP contribution in [0.25, 0.3) is 0 Å². The first-order chi connectivity index (χ1) is 14.6. The van der Waals surface area contributed by atoms with Crippen molar-refractivity contribution < 1.29 is 6.22 Å². The molecule has 164 valence electrons. The lowest BCUT2D eigenvalue weighted by molar-refractivity contribution is -0.126. The molecule has 1 amide bonds. The van der Waals surface area contributed by atoms with Gasteiger partial charge in [-0.05, 0) is 43.9 Å². The van der Waals surface area contributed by atoms with E-state index in [9.17, 15) is 10.1 Å². The second kappa shape index (κ2) is 9.13. The van der Waals surface area contributed by atoms with E-state index in [1.165, 1.54) is 0 Å². The van der Waals surface area contributed by atoms with E-state index in [1.807, 2.05) is 12.1 Å². The minimum Gasteiger partial charge on any atom is -0.380 e. The minimum atomic E-state index is 0. The Kier molecular flexibility index (Phi) is 6.33. The predicted octanol–water partition coefficient (Wildman–Crippen LogP) is 2.70. The largest absolute Gasteiger partial charge is 0.380 e. The van der Waals surface area contributed by atoms with Crippen LogP contribution in [0.3, 0.4) is 0 Å². The molecule has 0 aliphatic carbocycles. The van der Waals surface area contributed by atoms with Crippen LogP contribution in [0.5, 0.6) is 0 Å². The van der Waals surface area contributed by atoms with Gasteiger partial charge in [0, 0.05) is 46.7 Å². The smallest absolute Gasteiger partial charge is 0.225 e. The number of rotatable bonds is 4. The van der Waals surface area contributed by atoms with E-state index in [0.717, 1.165) is 82.1 Å². The number of hydrogen-bond acceptors (Lipinski definition) is 6. The zero-order valence-corrected chi connectivity index (χ0v) is 18.2. The highest BCUT2D eigenvalue weighted by atomic mass is 16.2. The summed E-state index contributed by atoms with van der Waals surface area (Å²) in [5.41, 5.74) is 3.65. The van der Waals surface area contributed by atoms with E-state index >= 15 is 0 Å². The maximum Gasteiger partial charge on any atom is 0.225 e. The van der Waals surface area contributed by atoms with Crippen molar-refractivity contribution in [3.05, 3.63) is 17.7 Å². The van der Waals surface area contributed by atoms with E-state index in [-0.39, 0.29) is 13.3 Å². The number of benzene rings is 1.